The van der Waals surface area contributed by atoms with Crippen molar-refractivity contribution in [3.05, 3.63) is 65.2 Å². The number of nitrogen functional groups attached to an aromatic ring is 1. The third kappa shape index (κ3) is 3.11. The Morgan fingerprint density at radius 1 is 0.897 bits per heavy atom. The molecule has 0 spiro atoms. The molecule has 1 saturated heterocycles. The number of fused-ring (bicyclic) bond motifs is 3. The number of likely N-dealkylation sites (tertiary alicyclic amines) is 1. The Morgan fingerprint density at radius 2 is 1.62 bits per heavy atom. The second-order valence-corrected chi connectivity index (χ2v) is 7.54. The fourth-order valence-electron chi connectivity index (χ4n) is 4.13. The van der Waals surface area contributed by atoms with Crippen molar-refractivity contribution in [2.45, 2.75) is 19.4 Å². The van der Waals surface area contributed by atoms with Crippen molar-refractivity contribution in [1.29, 1.82) is 0 Å². The number of ketones is 2. The molecule has 1 fully saturated rings. The molecule has 0 unspecified atom stereocenters. The van der Waals surface area contributed by atoms with Gasteiger partial charge in [0.15, 0.2) is 5.78 Å². The summed E-state index contributed by atoms with van der Waals surface area (Å²) in [5.41, 5.74) is 11.1. The van der Waals surface area contributed by atoms with Crippen LogP contribution in [0.1, 0.15) is 34.3 Å². The molecular formula is C23H20N4O2. The highest BCUT2D eigenvalue weighted by Crippen LogP contribution is 2.40. The van der Waals surface area contributed by atoms with Gasteiger partial charge in [-0.2, -0.15) is 0 Å². The van der Waals surface area contributed by atoms with Gasteiger partial charge in [0, 0.05) is 49.2 Å². The van der Waals surface area contributed by atoms with Crippen LogP contribution in [0.25, 0.3) is 22.5 Å². The van der Waals surface area contributed by atoms with Gasteiger partial charge < -0.3 is 5.73 Å². The second kappa shape index (κ2) is 6.90. The normalized spacial score (nSPS) is 16.0. The lowest BCUT2D eigenvalue weighted by Crippen LogP contribution is -2.33. The summed E-state index contributed by atoms with van der Waals surface area (Å²) in [4.78, 5) is 35.7. The largest absolute Gasteiger partial charge is 0.368 e. The fraction of sp³-hybridized carbons (Fsp3) is 0.217. The van der Waals surface area contributed by atoms with Crippen LogP contribution in [0.4, 0.5) is 5.95 Å². The van der Waals surface area contributed by atoms with E-state index >= 15 is 0 Å². The molecule has 1 aliphatic carbocycles. The first-order valence-corrected chi connectivity index (χ1v) is 9.75. The number of rotatable bonds is 3. The van der Waals surface area contributed by atoms with E-state index in [1.54, 1.807) is 0 Å². The third-order valence-electron chi connectivity index (χ3n) is 5.60. The Bertz CT molecular complexity index is 1130. The molecule has 2 N–H and O–H groups in total. The van der Waals surface area contributed by atoms with E-state index in [0.29, 0.717) is 41.1 Å². The lowest BCUT2D eigenvalue weighted by Gasteiger charge is -2.25. The first-order chi connectivity index (χ1) is 14.1. The Balaban J connectivity index is 1.55. The minimum Gasteiger partial charge on any atom is -0.368 e. The van der Waals surface area contributed by atoms with E-state index in [1.807, 2.05) is 48.5 Å². The molecule has 1 aliphatic heterocycles. The molecule has 0 radical (unpaired) electrons. The number of hydrogen-bond acceptors (Lipinski definition) is 6. The second-order valence-electron chi connectivity index (χ2n) is 7.54. The smallest absolute Gasteiger partial charge is 0.221 e. The van der Waals surface area contributed by atoms with E-state index in [1.165, 1.54) is 0 Å². The minimum absolute atomic E-state index is 0.0658. The Kier molecular flexibility index (Phi) is 4.21. The van der Waals surface area contributed by atoms with Crippen molar-refractivity contribution in [3.63, 3.8) is 0 Å². The molecule has 2 aromatic carbocycles. The summed E-state index contributed by atoms with van der Waals surface area (Å²) in [6.07, 6.45) is 1.22. The van der Waals surface area contributed by atoms with Gasteiger partial charge in [0.2, 0.25) is 5.95 Å². The quantitative estimate of drug-likeness (QED) is 0.584. The van der Waals surface area contributed by atoms with E-state index in [4.69, 9.17) is 5.73 Å². The van der Waals surface area contributed by atoms with Crippen LogP contribution >= 0.6 is 0 Å². The average Bonchev–Trinajstić information content (AvgIpc) is 3.01. The van der Waals surface area contributed by atoms with Gasteiger partial charge in [0.25, 0.3) is 0 Å². The molecule has 0 atom stereocenters. The van der Waals surface area contributed by atoms with Gasteiger partial charge in [0.1, 0.15) is 5.78 Å². The van der Waals surface area contributed by atoms with E-state index < -0.39 is 0 Å². The summed E-state index contributed by atoms with van der Waals surface area (Å²) in [6, 6.07) is 15.5. The molecular weight excluding hydrogens is 364 g/mol. The van der Waals surface area contributed by atoms with E-state index in [2.05, 4.69) is 14.9 Å². The molecule has 0 bridgehead atoms. The number of anilines is 1. The van der Waals surface area contributed by atoms with Gasteiger partial charge in [-0.1, -0.05) is 42.5 Å². The molecule has 5 rings (SSSR count). The molecule has 2 heterocycles. The van der Waals surface area contributed by atoms with Crippen LogP contribution in [0.3, 0.4) is 0 Å². The predicted molar refractivity (Wildman–Crippen MR) is 110 cm³/mol. The molecule has 1 aromatic heterocycles. The standard InChI is InChI=1S/C23H20N4O2/c24-23-25-20(15-4-2-1-3-5-15)19-21(26-23)18-12-14(6-7-17(18)22(19)29)13-27-10-8-16(28)9-11-27/h1-7,12H,8-11,13H2,(H2,24,25,26). The topological polar surface area (TPSA) is 89.2 Å². The molecule has 6 heteroatoms. The van der Waals surface area contributed by atoms with Gasteiger partial charge in [-0.3, -0.25) is 14.5 Å². The monoisotopic (exact) mass is 384 g/mol. The molecule has 3 aromatic rings. The number of aromatic nitrogens is 2. The van der Waals surface area contributed by atoms with Crippen LogP contribution < -0.4 is 5.73 Å². The summed E-state index contributed by atoms with van der Waals surface area (Å²) in [5.74, 6) is 0.419. The highest BCUT2D eigenvalue weighted by molar-refractivity contribution is 6.23. The van der Waals surface area contributed by atoms with Gasteiger partial charge in [-0.05, 0) is 11.6 Å². The Morgan fingerprint density at radius 3 is 2.38 bits per heavy atom. The molecule has 2 aliphatic rings. The summed E-state index contributed by atoms with van der Waals surface area (Å²) in [6.45, 7) is 2.30. The molecule has 144 valence electrons. The number of carbonyl (C=O) groups is 2. The van der Waals surface area contributed by atoms with Gasteiger partial charge in [-0.25, -0.2) is 9.97 Å². The van der Waals surface area contributed by atoms with Crippen molar-refractivity contribution in [2.24, 2.45) is 0 Å². The maximum atomic E-state index is 13.2. The fourth-order valence-corrected chi connectivity index (χ4v) is 4.13. The Hall–Kier alpha value is -3.38. The van der Waals surface area contributed by atoms with Crippen LogP contribution in [-0.4, -0.2) is 39.5 Å². The summed E-state index contributed by atoms with van der Waals surface area (Å²) in [7, 11) is 0. The molecule has 6 nitrogen and oxygen atoms in total. The van der Waals surface area contributed by atoms with Crippen molar-refractivity contribution < 1.29 is 9.59 Å². The molecule has 29 heavy (non-hydrogen) atoms. The number of Topliss-reactive ketones (excluding diaryl/α,β-unsaturated/α-hetero) is 1. The number of piperidine rings is 1. The highest BCUT2D eigenvalue weighted by Gasteiger charge is 2.33. The average molecular weight is 384 g/mol. The first-order valence-electron chi connectivity index (χ1n) is 9.75. The molecule has 0 saturated carbocycles. The SMILES string of the molecule is Nc1nc(-c2ccccc2)c2c(n1)-c1cc(CN3CCC(=O)CC3)ccc1C2=O. The van der Waals surface area contributed by atoms with Crippen LogP contribution in [0.2, 0.25) is 0 Å². The van der Waals surface area contributed by atoms with Crippen molar-refractivity contribution in [2.75, 3.05) is 18.8 Å². The van der Waals surface area contributed by atoms with Crippen LogP contribution in [0, 0.1) is 0 Å². The van der Waals surface area contributed by atoms with Crippen molar-refractivity contribution in [1.82, 2.24) is 14.9 Å². The third-order valence-corrected chi connectivity index (χ3v) is 5.60. The van der Waals surface area contributed by atoms with Crippen LogP contribution in [0.5, 0.6) is 0 Å². The van der Waals surface area contributed by atoms with E-state index in [-0.39, 0.29) is 11.7 Å². The Labute approximate surface area is 168 Å². The number of hydrogen-bond donors (Lipinski definition) is 1. The van der Waals surface area contributed by atoms with Gasteiger partial charge in [-0.15, -0.1) is 0 Å². The van der Waals surface area contributed by atoms with Crippen LogP contribution in [0.15, 0.2) is 48.5 Å². The summed E-state index contributed by atoms with van der Waals surface area (Å²) >= 11 is 0. The number of nitrogens with zero attached hydrogens (tertiary/aromatic N) is 3. The minimum atomic E-state index is -0.0658. The summed E-state index contributed by atoms with van der Waals surface area (Å²) < 4.78 is 0. The maximum absolute atomic E-state index is 13.2. The predicted octanol–water partition coefficient (Wildman–Crippen LogP) is 3.10. The lowest BCUT2D eigenvalue weighted by molar-refractivity contribution is -0.121. The zero-order chi connectivity index (χ0) is 20.0. The highest BCUT2D eigenvalue weighted by atomic mass is 16.1. The maximum Gasteiger partial charge on any atom is 0.221 e. The lowest BCUT2D eigenvalue weighted by atomic mass is 10.0. The van der Waals surface area contributed by atoms with E-state index in [9.17, 15) is 9.59 Å². The zero-order valence-corrected chi connectivity index (χ0v) is 15.9. The number of carbonyl (C=O) groups excluding carboxylic acids is 2. The number of benzene rings is 2. The zero-order valence-electron chi connectivity index (χ0n) is 15.9. The van der Waals surface area contributed by atoms with Crippen LogP contribution in [-0.2, 0) is 11.3 Å². The van der Waals surface area contributed by atoms with Gasteiger partial charge >= 0.3 is 0 Å². The van der Waals surface area contributed by atoms with Crippen molar-refractivity contribution in [3.8, 4) is 22.5 Å². The van der Waals surface area contributed by atoms with E-state index in [0.717, 1.165) is 36.3 Å². The first kappa shape index (κ1) is 17.7. The summed E-state index contributed by atoms with van der Waals surface area (Å²) in [5, 5.41) is 0. The van der Waals surface area contributed by atoms with Gasteiger partial charge in [0.05, 0.1) is 17.0 Å². The number of nitrogens with two attached hydrogens (primary N) is 1. The molecule has 0 amide bonds. The van der Waals surface area contributed by atoms with Crippen molar-refractivity contribution >= 4 is 17.5 Å².